The molecular weight excluding hydrogens is 355 g/mol. The lowest BCUT2D eigenvalue weighted by Crippen LogP contribution is -2.44. The van der Waals surface area contributed by atoms with Crippen LogP contribution >= 0.6 is 0 Å². The van der Waals surface area contributed by atoms with Gasteiger partial charge in [0.15, 0.2) is 0 Å². The van der Waals surface area contributed by atoms with Gasteiger partial charge in [0.05, 0.1) is 29.4 Å². The molecule has 1 saturated carbocycles. The Kier molecular flexibility index (Phi) is 5.16. The van der Waals surface area contributed by atoms with Gasteiger partial charge in [-0.3, -0.25) is 4.68 Å². The molecule has 2 heterocycles. The van der Waals surface area contributed by atoms with Crippen molar-refractivity contribution in [2.45, 2.75) is 62.9 Å². The smallest absolute Gasteiger partial charge is 0.381 e. The number of ether oxygens (including phenoxy) is 1. The van der Waals surface area contributed by atoms with Crippen molar-refractivity contribution < 1.29 is 17.9 Å². The maximum Gasteiger partial charge on any atom is 0.416 e. The molecule has 1 aromatic carbocycles. The zero-order chi connectivity index (χ0) is 19.0. The van der Waals surface area contributed by atoms with E-state index in [9.17, 15) is 13.2 Å². The summed E-state index contributed by atoms with van der Waals surface area (Å²) in [6, 6.07) is 4.81. The molecule has 0 radical (unpaired) electrons. The van der Waals surface area contributed by atoms with Crippen LogP contribution in [0.4, 0.5) is 13.2 Å². The predicted octanol–water partition coefficient (Wildman–Crippen LogP) is 4.65. The summed E-state index contributed by atoms with van der Waals surface area (Å²) in [6.45, 7) is 2.05. The summed E-state index contributed by atoms with van der Waals surface area (Å²) >= 11 is 0. The zero-order valence-electron chi connectivity index (χ0n) is 15.6. The molecule has 1 aliphatic carbocycles. The molecule has 2 fully saturated rings. The molecule has 0 unspecified atom stereocenters. The Labute approximate surface area is 157 Å². The number of fused-ring (bicyclic) bond motifs is 1. The standard InChI is InChI=1S/C20H26F3N3O/c1-27-18-5-3-16(4-6-18)25-10-8-17(9-11-25)26-19-7-2-15(20(21,22)23)12-14(19)13-24-26/h2,7,12-13,16-18H,3-6,8-11H2,1H3. The summed E-state index contributed by atoms with van der Waals surface area (Å²) < 4.78 is 46.1. The molecule has 4 rings (SSSR count). The fraction of sp³-hybridized carbons (Fsp3) is 0.650. The van der Waals surface area contributed by atoms with Gasteiger partial charge >= 0.3 is 6.18 Å². The van der Waals surface area contributed by atoms with E-state index >= 15 is 0 Å². The van der Waals surface area contributed by atoms with Gasteiger partial charge in [-0.05, 0) is 56.7 Å². The summed E-state index contributed by atoms with van der Waals surface area (Å²) in [5, 5.41) is 4.98. The van der Waals surface area contributed by atoms with Crippen molar-refractivity contribution in [3.05, 3.63) is 30.0 Å². The molecular formula is C20H26F3N3O. The van der Waals surface area contributed by atoms with Crippen LogP contribution < -0.4 is 0 Å². The molecule has 148 valence electrons. The molecule has 2 aliphatic rings. The lowest BCUT2D eigenvalue weighted by atomic mass is 9.90. The average Bonchev–Trinajstić information content (AvgIpc) is 3.11. The quantitative estimate of drug-likeness (QED) is 0.775. The number of rotatable bonds is 3. The van der Waals surface area contributed by atoms with Gasteiger partial charge in [-0.15, -0.1) is 0 Å². The molecule has 0 N–H and O–H groups in total. The summed E-state index contributed by atoms with van der Waals surface area (Å²) in [7, 11) is 1.79. The second kappa shape index (κ2) is 7.43. The minimum Gasteiger partial charge on any atom is -0.381 e. The van der Waals surface area contributed by atoms with E-state index in [4.69, 9.17) is 4.74 Å². The maximum absolute atomic E-state index is 12.9. The number of hydrogen-bond acceptors (Lipinski definition) is 3. The van der Waals surface area contributed by atoms with Gasteiger partial charge in [0.1, 0.15) is 0 Å². The average molecular weight is 381 g/mol. The van der Waals surface area contributed by atoms with Gasteiger partial charge in [0.25, 0.3) is 0 Å². The second-order valence-electron chi connectivity index (χ2n) is 7.79. The Hall–Kier alpha value is -1.60. The largest absolute Gasteiger partial charge is 0.416 e. The molecule has 1 saturated heterocycles. The van der Waals surface area contributed by atoms with Gasteiger partial charge in [0.2, 0.25) is 0 Å². The molecule has 0 amide bonds. The van der Waals surface area contributed by atoms with Crippen LogP contribution in [0.25, 0.3) is 10.9 Å². The highest BCUT2D eigenvalue weighted by atomic mass is 19.4. The van der Waals surface area contributed by atoms with E-state index < -0.39 is 11.7 Å². The monoisotopic (exact) mass is 381 g/mol. The molecule has 0 atom stereocenters. The third-order valence-electron chi connectivity index (χ3n) is 6.26. The molecule has 1 aromatic heterocycles. The number of likely N-dealkylation sites (tertiary alicyclic amines) is 1. The number of alkyl halides is 3. The molecule has 0 spiro atoms. The van der Waals surface area contributed by atoms with Crippen molar-refractivity contribution in [3.8, 4) is 0 Å². The fourth-order valence-electron chi connectivity index (χ4n) is 4.66. The predicted molar refractivity (Wildman–Crippen MR) is 97.6 cm³/mol. The maximum atomic E-state index is 12.9. The first-order valence-corrected chi connectivity index (χ1v) is 9.77. The van der Waals surface area contributed by atoms with E-state index in [0.29, 0.717) is 17.5 Å². The van der Waals surface area contributed by atoms with Crippen LogP contribution in [0, 0.1) is 0 Å². The van der Waals surface area contributed by atoms with Crippen molar-refractivity contribution in [3.63, 3.8) is 0 Å². The van der Waals surface area contributed by atoms with Crippen molar-refractivity contribution in [2.75, 3.05) is 20.2 Å². The first-order valence-electron chi connectivity index (χ1n) is 9.77. The number of methoxy groups -OCH3 is 1. The van der Waals surface area contributed by atoms with Crippen molar-refractivity contribution in [2.24, 2.45) is 0 Å². The number of halogens is 3. The highest BCUT2D eigenvalue weighted by molar-refractivity contribution is 5.79. The highest BCUT2D eigenvalue weighted by Gasteiger charge is 2.32. The summed E-state index contributed by atoms with van der Waals surface area (Å²) in [5.41, 5.74) is 0.179. The van der Waals surface area contributed by atoms with Crippen molar-refractivity contribution >= 4 is 10.9 Å². The topological polar surface area (TPSA) is 30.3 Å². The van der Waals surface area contributed by atoms with Crippen LogP contribution in [-0.4, -0.2) is 47.0 Å². The normalized spacial score (nSPS) is 25.9. The Morgan fingerprint density at radius 3 is 2.33 bits per heavy atom. The SMILES string of the molecule is COC1CCC(N2CCC(n3ncc4cc(C(F)(F)F)ccc43)CC2)CC1. The van der Waals surface area contributed by atoms with Crippen LogP contribution in [0.2, 0.25) is 0 Å². The van der Waals surface area contributed by atoms with E-state index in [1.807, 2.05) is 4.68 Å². The number of piperidine rings is 1. The highest BCUT2D eigenvalue weighted by Crippen LogP contribution is 2.34. The first-order chi connectivity index (χ1) is 13.0. The molecule has 1 aliphatic heterocycles. The Bertz CT molecular complexity index is 772. The number of aromatic nitrogens is 2. The number of hydrogen-bond donors (Lipinski definition) is 0. The van der Waals surface area contributed by atoms with E-state index in [1.54, 1.807) is 19.4 Å². The van der Waals surface area contributed by atoms with Gasteiger partial charge in [-0.2, -0.15) is 18.3 Å². The van der Waals surface area contributed by atoms with Gasteiger partial charge in [0, 0.05) is 31.6 Å². The fourth-order valence-corrected chi connectivity index (χ4v) is 4.66. The van der Waals surface area contributed by atoms with Crippen LogP contribution in [0.1, 0.15) is 50.1 Å². The van der Waals surface area contributed by atoms with E-state index in [1.165, 1.54) is 18.9 Å². The van der Waals surface area contributed by atoms with Crippen LogP contribution in [0.15, 0.2) is 24.4 Å². The number of nitrogens with zero attached hydrogens (tertiary/aromatic N) is 3. The summed E-state index contributed by atoms with van der Waals surface area (Å²) in [6.07, 6.45) is 4.27. The summed E-state index contributed by atoms with van der Waals surface area (Å²) in [5.74, 6) is 0. The lowest BCUT2D eigenvalue weighted by Gasteiger charge is -2.40. The van der Waals surface area contributed by atoms with Crippen LogP contribution in [0.5, 0.6) is 0 Å². The van der Waals surface area contributed by atoms with Crippen molar-refractivity contribution in [1.82, 2.24) is 14.7 Å². The van der Waals surface area contributed by atoms with E-state index in [2.05, 4.69) is 10.00 Å². The van der Waals surface area contributed by atoms with E-state index in [0.717, 1.165) is 50.4 Å². The minimum absolute atomic E-state index is 0.255. The molecule has 2 aromatic rings. The molecule has 4 nitrogen and oxygen atoms in total. The minimum atomic E-state index is -4.32. The Morgan fingerprint density at radius 2 is 1.70 bits per heavy atom. The third-order valence-corrected chi connectivity index (χ3v) is 6.26. The van der Waals surface area contributed by atoms with Gasteiger partial charge in [-0.25, -0.2) is 0 Å². The van der Waals surface area contributed by atoms with E-state index in [-0.39, 0.29) is 6.04 Å². The Balaban J connectivity index is 1.41. The second-order valence-corrected chi connectivity index (χ2v) is 7.79. The van der Waals surface area contributed by atoms with Gasteiger partial charge in [-0.1, -0.05) is 0 Å². The van der Waals surface area contributed by atoms with Crippen molar-refractivity contribution in [1.29, 1.82) is 0 Å². The van der Waals surface area contributed by atoms with Gasteiger partial charge < -0.3 is 9.64 Å². The molecule has 27 heavy (non-hydrogen) atoms. The summed E-state index contributed by atoms with van der Waals surface area (Å²) in [4.78, 5) is 2.58. The van der Waals surface area contributed by atoms with Crippen LogP contribution in [0.3, 0.4) is 0 Å². The third kappa shape index (κ3) is 3.85. The molecule has 7 heteroatoms. The zero-order valence-corrected chi connectivity index (χ0v) is 15.6. The van der Waals surface area contributed by atoms with Crippen LogP contribution in [-0.2, 0) is 10.9 Å². The Morgan fingerprint density at radius 1 is 1.00 bits per heavy atom. The number of benzene rings is 1. The molecule has 0 bridgehead atoms. The first kappa shape index (κ1) is 18.7. The lowest BCUT2D eigenvalue weighted by molar-refractivity contribution is -0.137.